The van der Waals surface area contributed by atoms with Crippen molar-refractivity contribution in [3.63, 3.8) is 0 Å². The Morgan fingerprint density at radius 2 is 2.31 bits per heavy atom. The van der Waals surface area contributed by atoms with E-state index >= 15 is 0 Å². The molecule has 0 aliphatic heterocycles. The van der Waals surface area contributed by atoms with Gasteiger partial charge in [0.05, 0.1) is 24.2 Å². The molecule has 0 saturated carbocycles. The molecule has 0 bridgehead atoms. The minimum Gasteiger partial charge on any atom is -0.465 e. The van der Waals surface area contributed by atoms with Crippen molar-refractivity contribution in [1.29, 1.82) is 0 Å². The zero-order valence-corrected chi connectivity index (χ0v) is 10.5. The van der Waals surface area contributed by atoms with Gasteiger partial charge in [0.1, 0.15) is 0 Å². The first-order chi connectivity index (χ1) is 7.52. The highest BCUT2D eigenvalue weighted by atomic mass is 79.9. The van der Waals surface area contributed by atoms with Crippen LogP contribution in [0.15, 0.2) is 10.7 Å². The van der Waals surface area contributed by atoms with E-state index in [1.165, 1.54) is 6.20 Å². The van der Waals surface area contributed by atoms with Gasteiger partial charge in [-0.1, -0.05) is 0 Å². The Labute approximate surface area is 104 Å². The van der Waals surface area contributed by atoms with Gasteiger partial charge in [-0.2, -0.15) is 0 Å². The highest BCUT2D eigenvalue weighted by Gasteiger charge is 2.26. The number of carbonyl (C=O) groups is 1. The zero-order chi connectivity index (χ0) is 12.3. The molecule has 1 aromatic heterocycles. The first-order valence-corrected chi connectivity index (χ1v) is 5.45. The first-order valence-electron chi connectivity index (χ1n) is 4.12. The molecule has 3 nitrogen and oxygen atoms in total. The molecule has 7 heteroatoms. The predicted molar refractivity (Wildman–Crippen MR) is 57.8 cm³/mol. The topological polar surface area (TPSA) is 39.2 Å². The van der Waals surface area contributed by atoms with Crippen LogP contribution in [-0.4, -0.2) is 18.1 Å². The summed E-state index contributed by atoms with van der Waals surface area (Å²) in [7, 11) is 1.11. The molecule has 1 aromatic rings. The number of alkyl halides is 3. The van der Waals surface area contributed by atoms with Gasteiger partial charge in [0, 0.05) is 16.2 Å². The van der Waals surface area contributed by atoms with Gasteiger partial charge in [0.2, 0.25) is 0 Å². The largest absolute Gasteiger partial charge is 0.465 e. The SMILES string of the molecule is COC(=O)c1c(CCl)ncc(Br)c1C(F)F. The molecule has 0 N–H and O–H groups in total. The summed E-state index contributed by atoms with van der Waals surface area (Å²) < 4.78 is 30.1. The van der Waals surface area contributed by atoms with Gasteiger partial charge >= 0.3 is 5.97 Å². The maximum atomic E-state index is 12.8. The molecule has 1 heterocycles. The maximum Gasteiger partial charge on any atom is 0.340 e. The molecule has 0 amide bonds. The van der Waals surface area contributed by atoms with Crippen molar-refractivity contribution in [2.45, 2.75) is 12.3 Å². The number of methoxy groups -OCH3 is 1. The number of hydrogen-bond acceptors (Lipinski definition) is 3. The molecule has 0 unspecified atom stereocenters. The second-order valence-electron chi connectivity index (χ2n) is 2.77. The van der Waals surface area contributed by atoms with Crippen molar-refractivity contribution in [2.75, 3.05) is 7.11 Å². The molecule has 0 atom stereocenters. The van der Waals surface area contributed by atoms with E-state index in [4.69, 9.17) is 11.6 Å². The summed E-state index contributed by atoms with van der Waals surface area (Å²) in [5.41, 5.74) is -0.647. The monoisotopic (exact) mass is 313 g/mol. The van der Waals surface area contributed by atoms with Crippen LogP contribution in [0.25, 0.3) is 0 Å². The Morgan fingerprint density at radius 1 is 1.69 bits per heavy atom. The predicted octanol–water partition coefficient (Wildman–Crippen LogP) is 3.31. The third-order valence-electron chi connectivity index (χ3n) is 1.88. The number of pyridine rings is 1. The molecular weight excluding hydrogens is 307 g/mol. The Kier molecular flexibility index (Phi) is 4.61. The summed E-state index contributed by atoms with van der Waals surface area (Å²) >= 11 is 8.45. The fourth-order valence-corrected chi connectivity index (χ4v) is 1.86. The maximum absolute atomic E-state index is 12.8. The molecule has 0 fully saturated rings. The van der Waals surface area contributed by atoms with E-state index in [9.17, 15) is 13.6 Å². The summed E-state index contributed by atoms with van der Waals surface area (Å²) in [5, 5.41) is 0. The quantitative estimate of drug-likeness (QED) is 0.635. The molecule has 16 heavy (non-hydrogen) atoms. The van der Waals surface area contributed by atoms with Gasteiger partial charge < -0.3 is 4.74 Å². The lowest BCUT2D eigenvalue weighted by Crippen LogP contribution is -2.12. The number of rotatable bonds is 3. The fraction of sp³-hybridized carbons (Fsp3) is 0.333. The van der Waals surface area contributed by atoms with E-state index in [0.29, 0.717) is 0 Å². The zero-order valence-electron chi connectivity index (χ0n) is 8.14. The second kappa shape index (κ2) is 5.54. The Hall–Kier alpha value is -0.750. The average molecular weight is 315 g/mol. The standard InChI is InChI=1S/C9H7BrClF2NO2/c1-16-9(15)7-5(2-11)14-3-4(10)6(7)8(12)13/h3,8H,2H2,1H3. The van der Waals surface area contributed by atoms with Gasteiger partial charge in [0.25, 0.3) is 6.43 Å². The summed E-state index contributed by atoms with van der Waals surface area (Å²) in [6.07, 6.45) is -1.63. The summed E-state index contributed by atoms with van der Waals surface area (Å²) in [4.78, 5) is 15.2. The van der Waals surface area contributed by atoms with Crippen LogP contribution in [0.5, 0.6) is 0 Å². The molecule has 0 aliphatic rings. The third-order valence-corrected chi connectivity index (χ3v) is 2.77. The number of aromatic nitrogens is 1. The lowest BCUT2D eigenvalue weighted by atomic mass is 10.1. The third kappa shape index (κ3) is 2.49. The van der Waals surface area contributed by atoms with Crippen molar-refractivity contribution >= 4 is 33.5 Å². The minimum atomic E-state index is -2.81. The lowest BCUT2D eigenvalue weighted by Gasteiger charge is -2.11. The lowest BCUT2D eigenvalue weighted by molar-refractivity contribution is 0.0587. The normalized spacial score (nSPS) is 10.6. The van der Waals surface area contributed by atoms with Crippen molar-refractivity contribution in [3.05, 3.63) is 27.5 Å². The van der Waals surface area contributed by atoms with E-state index in [1.54, 1.807) is 0 Å². The summed E-state index contributed by atoms with van der Waals surface area (Å²) in [6, 6.07) is 0. The number of esters is 1. The fourth-order valence-electron chi connectivity index (χ4n) is 1.19. The second-order valence-corrected chi connectivity index (χ2v) is 3.89. The van der Waals surface area contributed by atoms with E-state index in [-0.39, 0.29) is 21.6 Å². The van der Waals surface area contributed by atoms with Crippen LogP contribution in [0, 0.1) is 0 Å². The highest BCUT2D eigenvalue weighted by Crippen LogP contribution is 2.32. The van der Waals surface area contributed by atoms with E-state index in [1.807, 2.05) is 0 Å². The molecule has 0 aliphatic carbocycles. The molecule has 88 valence electrons. The van der Waals surface area contributed by atoms with Crippen LogP contribution < -0.4 is 0 Å². The smallest absolute Gasteiger partial charge is 0.340 e. The van der Waals surface area contributed by atoms with Crippen molar-refractivity contribution in [3.8, 4) is 0 Å². The van der Waals surface area contributed by atoms with E-state index < -0.39 is 18.0 Å². The van der Waals surface area contributed by atoms with Gasteiger partial charge in [0.15, 0.2) is 0 Å². The Balaban J connectivity index is 3.48. The molecule has 1 rings (SSSR count). The molecule has 0 aromatic carbocycles. The van der Waals surface area contributed by atoms with Crippen molar-refractivity contribution in [1.82, 2.24) is 4.98 Å². The summed E-state index contributed by atoms with van der Waals surface area (Å²) in [5.74, 6) is -1.02. The molecule has 0 saturated heterocycles. The van der Waals surface area contributed by atoms with Crippen LogP contribution in [0.3, 0.4) is 0 Å². The molecule has 0 spiro atoms. The van der Waals surface area contributed by atoms with Gasteiger partial charge in [-0.05, 0) is 15.9 Å². The van der Waals surface area contributed by atoms with Crippen molar-refractivity contribution in [2.24, 2.45) is 0 Å². The van der Waals surface area contributed by atoms with E-state index in [0.717, 1.165) is 7.11 Å². The van der Waals surface area contributed by atoms with Crippen LogP contribution in [-0.2, 0) is 10.6 Å². The van der Waals surface area contributed by atoms with Crippen molar-refractivity contribution < 1.29 is 18.3 Å². The highest BCUT2D eigenvalue weighted by molar-refractivity contribution is 9.10. The first kappa shape index (κ1) is 13.3. The van der Waals surface area contributed by atoms with Gasteiger partial charge in [-0.25, -0.2) is 13.6 Å². The van der Waals surface area contributed by atoms with Gasteiger partial charge in [-0.15, -0.1) is 11.6 Å². The number of hydrogen-bond donors (Lipinski definition) is 0. The van der Waals surface area contributed by atoms with Crippen LogP contribution >= 0.6 is 27.5 Å². The number of halogens is 4. The minimum absolute atomic E-state index is 0.0526. The van der Waals surface area contributed by atoms with Gasteiger partial charge in [-0.3, -0.25) is 4.98 Å². The Morgan fingerprint density at radius 3 is 2.75 bits per heavy atom. The van der Waals surface area contributed by atoms with Crippen LogP contribution in [0.1, 0.15) is 28.0 Å². The average Bonchev–Trinajstić information content (AvgIpc) is 2.27. The number of nitrogens with zero attached hydrogens (tertiary/aromatic N) is 1. The molecular formula is C9H7BrClF2NO2. The van der Waals surface area contributed by atoms with Crippen LogP contribution in [0.4, 0.5) is 8.78 Å². The summed E-state index contributed by atoms with van der Waals surface area (Å²) in [6.45, 7) is 0. The van der Waals surface area contributed by atoms with E-state index in [2.05, 4.69) is 25.7 Å². The van der Waals surface area contributed by atoms with Crippen LogP contribution in [0.2, 0.25) is 0 Å². The Bertz CT molecular complexity index is 415. The number of ether oxygens (including phenoxy) is 1. The molecule has 0 radical (unpaired) electrons. The number of carbonyl (C=O) groups excluding carboxylic acids is 1.